The molecule has 1 rings (SSSR count). The molecule has 0 amide bonds. The highest BCUT2D eigenvalue weighted by molar-refractivity contribution is 9.11. The number of rotatable bonds is 4. The van der Waals surface area contributed by atoms with Crippen molar-refractivity contribution in [2.75, 3.05) is 12.3 Å². The molecule has 0 spiro atoms. The van der Waals surface area contributed by atoms with Crippen molar-refractivity contribution in [2.45, 2.75) is 6.92 Å². The average molecular weight is 294 g/mol. The Labute approximate surface area is 97.9 Å². The first kappa shape index (κ1) is 11.9. The largest absolute Gasteiger partial charge is 0.476 e. The molecule has 1 aromatic heterocycles. The lowest BCUT2D eigenvalue weighted by molar-refractivity contribution is -0.129. The third kappa shape index (κ3) is 2.90. The van der Waals surface area contributed by atoms with Crippen LogP contribution >= 0.6 is 27.3 Å². The van der Waals surface area contributed by atoms with Crippen LogP contribution in [0.25, 0.3) is 0 Å². The molecule has 0 unspecified atom stereocenters. The first-order valence-corrected chi connectivity index (χ1v) is 5.52. The number of aliphatic carboxylic acids is 1. The van der Waals surface area contributed by atoms with Crippen molar-refractivity contribution in [3.63, 3.8) is 0 Å². The highest BCUT2D eigenvalue weighted by atomic mass is 79.9. The molecular formula is C7H8BrN3O3S. The molecule has 8 heteroatoms. The number of carboxylic acid groups (broad SMARTS) is 1. The summed E-state index contributed by atoms with van der Waals surface area (Å²) in [6.07, 6.45) is 0. The number of carbonyl (C=O) groups is 1. The summed E-state index contributed by atoms with van der Waals surface area (Å²) < 4.78 is 0.515. The number of aromatic nitrogens is 1. The standard InChI is InChI=1S/C7H8BrN3O3S/c1-2-14-11-4(6(12)13)3-5(8)15-7(9)10-3/h2H2,1H3,(H2,9,10)(H,12,13)/b11-4-. The summed E-state index contributed by atoms with van der Waals surface area (Å²) in [6.45, 7) is 1.99. The molecule has 3 N–H and O–H groups in total. The summed E-state index contributed by atoms with van der Waals surface area (Å²) in [6, 6.07) is 0. The first-order valence-electron chi connectivity index (χ1n) is 3.91. The highest BCUT2D eigenvalue weighted by Gasteiger charge is 2.21. The van der Waals surface area contributed by atoms with Gasteiger partial charge in [0.05, 0.1) is 0 Å². The van der Waals surface area contributed by atoms with E-state index in [9.17, 15) is 4.79 Å². The van der Waals surface area contributed by atoms with Gasteiger partial charge in [-0.1, -0.05) is 16.5 Å². The van der Waals surface area contributed by atoms with Gasteiger partial charge in [0.25, 0.3) is 0 Å². The number of nitrogens with zero attached hydrogens (tertiary/aromatic N) is 2. The lowest BCUT2D eigenvalue weighted by atomic mass is 10.3. The van der Waals surface area contributed by atoms with Gasteiger partial charge in [-0.3, -0.25) is 0 Å². The normalized spacial score (nSPS) is 11.5. The molecule has 1 heterocycles. The number of halogens is 1. The van der Waals surface area contributed by atoms with E-state index in [1.54, 1.807) is 6.92 Å². The summed E-state index contributed by atoms with van der Waals surface area (Å²) in [5.41, 5.74) is 5.35. The van der Waals surface area contributed by atoms with E-state index < -0.39 is 5.97 Å². The smallest absolute Gasteiger partial charge is 0.360 e. The van der Waals surface area contributed by atoms with Gasteiger partial charge in [-0.25, -0.2) is 9.78 Å². The summed E-state index contributed by atoms with van der Waals surface area (Å²) in [5, 5.41) is 12.6. The number of nitrogen functional groups attached to an aromatic ring is 1. The molecule has 15 heavy (non-hydrogen) atoms. The van der Waals surface area contributed by atoms with Crippen molar-refractivity contribution in [1.29, 1.82) is 0 Å². The minimum atomic E-state index is -1.21. The van der Waals surface area contributed by atoms with E-state index in [1.165, 1.54) is 0 Å². The zero-order valence-electron chi connectivity index (χ0n) is 7.73. The Morgan fingerprint density at radius 3 is 2.87 bits per heavy atom. The number of nitrogens with two attached hydrogens (primary N) is 1. The Kier molecular flexibility index (Phi) is 4.04. The van der Waals surface area contributed by atoms with Crippen molar-refractivity contribution < 1.29 is 14.7 Å². The molecule has 0 aromatic carbocycles. The molecule has 0 atom stereocenters. The zero-order valence-corrected chi connectivity index (χ0v) is 10.1. The molecule has 0 saturated heterocycles. The lowest BCUT2D eigenvalue weighted by Gasteiger charge is -1.98. The van der Waals surface area contributed by atoms with Crippen molar-refractivity contribution in [3.8, 4) is 0 Å². The van der Waals surface area contributed by atoms with E-state index in [2.05, 4.69) is 30.9 Å². The van der Waals surface area contributed by atoms with Crippen molar-refractivity contribution in [2.24, 2.45) is 5.16 Å². The second-order valence-electron chi connectivity index (χ2n) is 2.34. The molecule has 82 valence electrons. The van der Waals surface area contributed by atoms with E-state index in [4.69, 9.17) is 10.8 Å². The van der Waals surface area contributed by atoms with Gasteiger partial charge in [0.15, 0.2) is 5.13 Å². The van der Waals surface area contributed by atoms with Crippen LogP contribution in [-0.4, -0.2) is 28.4 Å². The molecule has 6 nitrogen and oxygen atoms in total. The number of hydrogen-bond donors (Lipinski definition) is 2. The summed E-state index contributed by atoms with van der Waals surface area (Å²) in [7, 11) is 0. The fraction of sp³-hybridized carbons (Fsp3) is 0.286. The number of hydrogen-bond acceptors (Lipinski definition) is 6. The molecule has 0 aliphatic heterocycles. The second-order valence-corrected chi connectivity index (χ2v) is 4.69. The van der Waals surface area contributed by atoms with Crippen LogP contribution in [-0.2, 0) is 9.63 Å². The molecule has 0 bridgehead atoms. The fourth-order valence-corrected chi connectivity index (χ4v) is 2.11. The van der Waals surface area contributed by atoms with Crippen molar-refractivity contribution in [1.82, 2.24) is 4.98 Å². The molecular weight excluding hydrogens is 286 g/mol. The molecule has 0 fully saturated rings. The second kappa shape index (κ2) is 5.08. The van der Waals surface area contributed by atoms with Gasteiger partial charge in [0.1, 0.15) is 16.1 Å². The predicted octanol–water partition coefficient (Wildman–Crippen LogP) is 1.31. The van der Waals surface area contributed by atoms with E-state index in [0.29, 0.717) is 3.79 Å². The molecule has 0 saturated carbocycles. The van der Waals surface area contributed by atoms with Crippen molar-refractivity contribution >= 4 is 44.1 Å². The lowest BCUT2D eigenvalue weighted by Crippen LogP contribution is -2.16. The Morgan fingerprint density at radius 2 is 2.47 bits per heavy atom. The maximum Gasteiger partial charge on any atom is 0.360 e. The summed E-state index contributed by atoms with van der Waals surface area (Å²) >= 11 is 4.29. The van der Waals surface area contributed by atoms with Crippen molar-refractivity contribution in [3.05, 3.63) is 9.48 Å². The Morgan fingerprint density at radius 1 is 1.80 bits per heavy atom. The van der Waals surface area contributed by atoms with Crippen LogP contribution in [0.1, 0.15) is 12.6 Å². The van der Waals surface area contributed by atoms with E-state index in [0.717, 1.165) is 11.3 Å². The SMILES string of the molecule is CCO/N=C(\C(=O)O)c1nc(N)sc1Br. The molecule has 0 aliphatic rings. The quantitative estimate of drug-likeness (QED) is 0.644. The maximum absolute atomic E-state index is 10.9. The first-order chi connectivity index (χ1) is 7.06. The highest BCUT2D eigenvalue weighted by Crippen LogP contribution is 2.27. The summed E-state index contributed by atoms with van der Waals surface area (Å²) in [5.74, 6) is -1.21. The Bertz CT molecular complexity index is 404. The van der Waals surface area contributed by atoms with Crippen LogP contribution in [0.5, 0.6) is 0 Å². The average Bonchev–Trinajstić information content (AvgIpc) is 2.46. The molecule has 1 aromatic rings. The predicted molar refractivity (Wildman–Crippen MR) is 60.0 cm³/mol. The number of anilines is 1. The van der Waals surface area contributed by atoms with E-state index >= 15 is 0 Å². The molecule has 0 radical (unpaired) electrons. The van der Waals surface area contributed by atoms with Gasteiger partial charge in [-0.2, -0.15) is 0 Å². The van der Waals surface area contributed by atoms with Crippen LogP contribution in [0.2, 0.25) is 0 Å². The Balaban J connectivity index is 3.10. The minimum Gasteiger partial charge on any atom is -0.476 e. The fourth-order valence-electron chi connectivity index (χ4n) is 0.776. The minimum absolute atomic E-state index is 0.179. The topological polar surface area (TPSA) is 97.8 Å². The van der Waals surface area contributed by atoms with Gasteiger partial charge in [-0.15, -0.1) is 0 Å². The summed E-state index contributed by atoms with van der Waals surface area (Å²) in [4.78, 5) is 19.4. The third-order valence-corrected chi connectivity index (χ3v) is 2.85. The monoisotopic (exact) mass is 293 g/mol. The van der Waals surface area contributed by atoms with Crippen LogP contribution in [0.15, 0.2) is 8.94 Å². The Hall–Kier alpha value is -1.15. The van der Waals surface area contributed by atoms with Crippen LogP contribution in [0.3, 0.4) is 0 Å². The molecule has 0 aliphatic carbocycles. The van der Waals surface area contributed by atoms with Gasteiger partial charge >= 0.3 is 5.97 Å². The number of thiazole rings is 1. The maximum atomic E-state index is 10.9. The number of carboxylic acids is 1. The van der Waals surface area contributed by atoms with Gasteiger partial charge in [0, 0.05) is 0 Å². The third-order valence-electron chi connectivity index (χ3n) is 1.31. The van der Waals surface area contributed by atoms with Crippen LogP contribution in [0, 0.1) is 0 Å². The zero-order chi connectivity index (χ0) is 11.4. The van der Waals surface area contributed by atoms with Gasteiger partial charge in [0.2, 0.25) is 5.71 Å². The van der Waals surface area contributed by atoms with Gasteiger partial charge < -0.3 is 15.7 Å². The van der Waals surface area contributed by atoms with Gasteiger partial charge in [-0.05, 0) is 22.9 Å². The van der Waals surface area contributed by atoms with Crippen LogP contribution < -0.4 is 5.73 Å². The van der Waals surface area contributed by atoms with E-state index in [1.807, 2.05) is 0 Å². The number of oxime groups is 1. The van der Waals surface area contributed by atoms with Crippen LogP contribution in [0.4, 0.5) is 5.13 Å². The van der Waals surface area contributed by atoms with E-state index in [-0.39, 0.29) is 23.1 Å².